The van der Waals surface area contributed by atoms with Gasteiger partial charge in [0.15, 0.2) is 0 Å². The highest BCUT2D eigenvalue weighted by atomic mass is 32.1. The van der Waals surface area contributed by atoms with Crippen LogP contribution in [0.1, 0.15) is 0 Å². The van der Waals surface area contributed by atoms with Gasteiger partial charge in [-0.15, -0.1) is 11.3 Å². The van der Waals surface area contributed by atoms with Gasteiger partial charge in [-0.3, -0.25) is 0 Å². The zero-order valence-electron chi connectivity index (χ0n) is 14.0. The predicted molar refractivity (Wildman–Crippen MR) is 117 cm³/mol. The van der Waals surface area contributed by atoms with Gasteiger partial charge in [-0.25, -0.2) is 0 Å². The summed E-state index contributed by atoms with van der Waals surface area (Å²) in [5, 5.41) is 10.1. The van der Waals surface area contributed by atoms with Crippen LogP contribution >= 0.6 is 11.3 Å². The summed E-state index contributed by atoms with van der Waals surface area (Å²) in [6, 6.07) is 28.2. The third-order valence-electron chi connectivity index (χ3n) is 5.34. The lowest BCUT2D eigenvalue weighted by Gasteiger charge is -2.08. The molecule has 2 radical (unpaired) electrons. The normalized spacial score (nSPS) is 12.0. The van der Waals surface area contributed by atoms with Crippen molar-refractivity contribution >= 4 is 77.1 Å². The van der Waals surface area contributed by atoms with E-state index in [1.165, 1.54) is 52.5 Å². The van der Waals surface area contributed by atoms with E-state index in [1.807, 2.05) is 11.3 Å². The van der Waals surface area contributed by atoms with Crippen molar-refractivity contribution in [2.24, 2.45) is 0 Å². The van der Waals surface area contributed by atoms with Crippen LogP contribution in [0.5, 0.6) is 0 Å². The van der Waals surface area contributed by atoms with Gasteiger partial charge in [-0.2, -0.15) is 0 Å². The first-order chi connectivity index (χ1) is 12.8. The molecule has 6 rings (SSSR count). The Kier molecular flexibility index (Phi) is 2.81. The van der Waals surface area contributed by atoms with Gasteiger partial charge in [0.25, 0.3) is 0 Å². The zero-order valence-corrected chi connectivity index (χ0v) is 14.8. The number of thiophene rings is 1. The first kappa shape index (κ1) is 14.3. The molecule has 118 valence electrons. The van der Waals surface area contributed by atoms with Crippen molar-refractivity contribution in [3.8, 4) is 0 Å². The topological polar surface area (TPSA) is 0 Å². The first-order valence-electron chi connectivity index (χ1n) is 8.74. The molecule has 5 aromatic carbocycles. The lowest BCUT2D eigenvalue weighted by Crippen LogP contribution is -2.02. The quantitative estimate of drug-likeness (QED) is 0.224. The van der Waals surface area contributed by atoms with Crippen LogP contribution in [0.3, 0.4) is 0 Å². The summed E-state index contributed by atoms with van der Waals surface area (Å²) in [7, 11) is 6.53. The van der Waals surface area contributed by atoms with E-state index < -0.39 is 0 Å². The van der Waals surface area contributed by atoms with Gasteiger partial charge in [0, 0.05) is 20.2 Å². The van der Waals surface area contributed by atoms with Crippen molar-refractivity contribution in [3.05, 3.63) is 78.9 Å². The monoisotopic (exact) mass is 344 g/mol. The van der Waals surface area contributed by atoms with E-state index in [0.29, 0.717) is 0 Å². The Morgan fingerprint density at radius 3 is 2.12 bits per heavy atom. The summed E-state index contributed by atoms with van der Waals surface area (Å²) in [6.45, 7) is 0. The van der Waals surface area contributed by atoms with Crippen LogP contribution in [0.2, 0.25) is 0 Å². The Morgan fingerprint density at radius 2 is 1.27 bits per heavy atom. The van der Waals surface area contributed by atoms with Crippen LogP contribution in [0.25, 0.3) is 52.5 Å². The summed E-state index contributed by atoms with van der Waals surface area (Å²) in [6.07, 6.45) is 0. The smallest absolute Gasteiger partial charge is 0.114 e. The molecule has 2 heteroatoms. The van der Waals surface area contributed by atoms with Crippen molar-refractivity contribution in [2.45, 2.75) is 0 Å². The molecule has 0 aliphatic heterocycles. The maximum Gasteiger partial charge on any atom is 0.114 e. The summed E-state index contributed by atoms with van der Waals surface area (Å²) in [5.41, 5.74) is 0.865. The molecule has 0 saturated carbocycles. The van der Waals surface area contributed by atoms with E-state index in [9.17, 15) is 0 Å². The second-order valence-electron chi connectivity index (χ2n) is 6.85. The van der Waals surface area contributed by atoms with Gasteiger partial charge in [0.2, 0.25) is 0 Å². The minimum atomic E-state index is 0.865. The van der Waals surface area contributed by atoms with Crippen LogP contribution < -0.4 is 5.46 Å². The number of hydrogen-bond acceptors (Lipinski definition) is 1. The van der Waals surface area contributed by atoms with E-state index >= 15 is 0 Å². The van der Waals surface area contributed by atoms with Crippen molar-refractivity contribution in [1.29, 1.82) is 0 Å². The van der Waals surface area contributed by atoms with E-state index in [-0.39, 0.29) is 0 Å². The molecule has 0 N–H and O–H groups in total. The minimum absolute atomic E-state index is 0.865. The molecule has 0 nitrogen and oxygen atoms in total. The average Bonchev–Trinajstić information content (AvgIpc) is 3.04. The first-order valence-corrected chi connectivity index (χ1v) is 9.56. The maximum absolute atomic E-state index is 6.53. The molecule has 1 aromatic heterocycles. The number of hydrogen-bond donors (Lipinski definition) is 0. The fraction of sp³-hybridized carbons (Fsp3) is 0. The Bertz CT molecular complexity index is 1490. The fourth-order valence-electron chi connectivity index (χ4n) is 4.15. The van der Waals surface area contributed by atoms with Crippen LogP contribution in [-0.4, -0.2) is 7.85 Å². The molecule has 0 atom stereocenters. The Morgan fingerprint density at radius 1 is 0.577 bits per heavy atom. The van der Waals surface area contributed by atoms with Gasteiger partial charge in [-0.05, 0) is 44.5 Å². The van der Waals surface area contributed by atoms with Crippen molar-refractivity contribution in [3.63, 3.8) is 0 Å². The molecule has 6 aromatic rings. The van der Waals surface area contributed by atoms with Crippen molar-refractivity contribution in [1.82, 2.24) is 0 Å². The van der Waals surface area contributed by atoms with Crippen LogP contribution in [0.4, 0.5) is 0 Å². The summed E-state index contributed by atoms with van der Waals surface area (Å²) < 4.78 is 2.59. The van der Waals surface area contributed by atoms with Crippen molar-refractivity contribution < 1.29 is 0 Å². The van der Waals surface area contributed by atoms with Gasteiger partial charge >= 0.3 is 0 Å². The molecule has 26 heavy (non-hydrogen) atoms. The highest BCUT2D eigenvalue weighted by Gasteiger charge is 2.13. The van der Waals surface area contributed by atoms with Crippen molar-refractivity contribution in [2.75, 3.05) is 0 Å². The van der Waals surface area contributed by atoms with Crippen LogP contribution in [0, 0.1) is 0 Å². The minimum Gasteiger partial charge on any atom is -0.135 e. The SMILES string of the molecule is [B]c1cc2ccc3ccccc3c2c2sc3cc4ccccc4cc3c12. The second kappa shape index (κ2) is 5.09. The molecule has 0 saturated heterocycles. The standard InChI is InChI=1S/C24H13BS/c25-20-12-17-10-9-14-5-3-4-8-18(14)22(17)24-23(20)19-11-15-6-1-2-7-16(15)13-21(19)26-24/h1-13H. The maximum atomic E-state index is 6.53. The Labute approximate surface area is 156 Å². The third-order valence-corrected chi connectivity index (χ3v) is 6.51. The summed E-state index contributed by atoms with van der Waals surface area (Å²) >= 11 is 1.86. The van der Waals surface area contributed by atoms with Gasteiger partial charge in [-0.1, -0.05) is 72.2 Å². The van der Waals surface area contributed by atoms with E-state index in [1.54, 1.807) is 0 Å². The Balaban J connectivity index is 1.92. The molecule has 1 heterocycles. The lowest BCUT2D eigenvalue weighted by atomic mass is 9.87. The van der Waals surface area contributed by atoms with Crippen LogP contribution in [-0.2, 0) is 0 Å². The van der Waals surface area contributed by atoms with Crippen LogP contribution in [0.15, 0.2) is 78.9 Å². The largest absolute Gasteiger partial charge is 0.135 e. The molecule has 0 fully saturated rings. The number of benzene rings is 5. The molecule has 0 spiro atoms. The predicted octanol–water partition coefficient (Wildman–Crippen LogP) is 6.31. The fourth-order valence-corrected chi connectivity index (χ4v) is 5.48. The molecule has 0 bridgehead atoms. The average molecular weight is 344 g/mol. The zero-order chi connectivity index (χ0) is 17.3. The number of fused-ring (bicyclic) bond motifs is 8. The van der Waals surface area contributed by atoms with E-state index in [2.05, 4.69) is 78.9 Å². The second-order valence-corrected chi connectivity index (χ2v) is 7.90. The van der Waals surface area contributed by atoms with Gasteiger partial charge in [0.05, 0.1) is 0 Å². The molecular formula is C24H13BS. The highest BCUT2D eigenvalue weighted by Crippen LogP contribution is 2.41. The molecule has 0 unspecified atom stereocenters. The summed E-state index contributed by atoms with van der Waals surface area (Å²) in [4.78, 5) is 0. The molecule has 0 amide bonds. The summed E-state index contributed by atoms with van der Waals surface area (Å²) in [5.74, 6) is 0. The highest BCUT2D eigenvalue weighted by molar-refractivity contribution is 7.27. The van der Waals surface area contributed by atoms with Gasteiger partial charge < -0.3 is 0 Å². The molecule has 0 aliphatic carbocycles. The molecular weight excluding hydrogens is 331 g/mol. The lowest BCUT2D eigenvalue weighted by molar-refractivity contribution is 1.81. The van der Waals surface area contributed by atoms with Gasteiger partial charge in [0.1, 0.15) is 7.85 Å². The third kappa shape index (κ3) is 1.85. The van der Waals surface area contributed by atoms with E-state index in [4.69, 9.17) is 7.85 Å². The number of rotatable bonds is 0. The molecule has 0 aliphatic rings. The van der Waals surface area contributed by atoms with E-state index in [0.717, 1.165) is 5.46 Å². The Hall–Kier alpha value is -2.84.